The van der Waals surface area contributed by atoms with Crippen molar-refractivity contribution >= 4 is 23.5 Å². The zero-order valence-corrected chi connectivity index (χ0v) is 10.9. The third-order valence-electron chi connectivity index (χ3n) is 3.07. The summed E-state index contributed by atoms with van der Waals surface area (Å²) < 4.78 is 0. The van der Waals surface area contributed by atoms with Crippen molar-refractivity contribution in [1.29, 1.82) is 0 Å². The first-order chi connectivity index (χ1) is 8.10. The van der Waals surface area contributed by atoms with Crippen molar-refractivity contribution in [3.05, 3.63) is 5.28 Å². The number of aromatic nitrogens is 3. The third kappa shape index (κ3) is 2.76. The van der Waals surface area contributed by atoms with E-state index in [0.29, 0.717) is 12.0 Å². The van der Waals surface area contributed by atoms with Gasteiger partial charge in [0.25, 0.3) is 0 Å². The number of nitrogen functional groups attached to an aromatic ring is 1. The molecule has 6 nitrogen and oxygen atoms in total. The van der Waals surface area contributed by atoms with Gasteiger partial charge in [0.1, 0.15) is 0 Å². The summed E-state index contributed by atoms with van der Waals surface area (Å²) in [5.74, 6) is 0.746. The summed E-state index contributed by atoms with van der Waals surface area (Å²) in [7, 11) is 0. The van der Waals surface area contributed by atoms with E-state index in [0.717, 1.165) is 26.2 Å². The Morgan fingerprint density at radius 1 is 1.35 bits per heavy atom. The third-order valence-corrected chi connectivity index (χ3v) is 3.24. The molecule has 0 aromatic carbocycles. The Bertz CT molecular complexity index is 378. The van der Waals surface area contributed by atoms with Crippen LogP contribution in [0.3, 0.4) is 0 Å². The van der Waals surface area contributed by atoms with Gasteiger partial charge in [-0.2, -0.15) is 15.0 Å². The van der Waals surface area contributed by atoms with Gasteiger partial charge < -0.3 is 10.6 Å². The Labute approximate surface area is 106 Å². The maximum Gasteiger partial charge on any atom is 0.231 e. The van der Waals surface area contributed by atoms with Crippen LogP contribution in [0, 0.1) is 0 Å². The van der Waals surface area contributed by atoms with Gasteiger partial charge in [0.2, 0.25) is 17.2 Å². The van der Waals surface area contributed by atoms with Crippen molar-refractivity contribution in [2.24, 2.45) is 0 Å². The number of piperazine rings is 1. The molecule has 0 bridgehead atoms. The number of hydrogen-bond acceptors (Lipinski definition) is 6. The van der Waals surface area contributed by atoms with Crippen molar-refractivity contribution in [3.63, 3.8) is 0 Å². The summed E-state index contributed by atoms with van der Waals surface area (Å²) in [6, 6.07) is 0.477. The highest BCUT2D eigenvalue weighted by molar-refractivity contribution is 6.28. The number of nitrogens with two attached hydrogens (primary N) is 1. The van der Waals surface area contributed by atoms with Crippen molar-refractivity contribution in [1.82, 2.24) is 19.9 Å². The van der Waals surface area contributed by atoms with Gasteiger partial charge in [-0.05, 0) is 25.1 Å². The summed E-state index contributed by atoms with van der Waals surface area (Å²) in [5, 5.41) is 0.151. The van der Waals surface area contributed by atoms with E-state index in [1.807, 2.05) is 0 Å². The minimum atomic E-state index is 0.151. The number of rotatable bonds is 2. The van der Waals surface area contributed by atoms with E-state index in [-0.39, 0.29) is 11.2 Å². The van der Waals surface area contributed by atoms with E-state index in [4.69, 9.17) is 17.3 Å². The second-order valence-corrected chi connectivity index (χ2v) is 4.52. The Hall–Kier alpha value is -1.14. The fourth-order valence-corrected chi connectivity index (χ4v) is 2.30. The lowest BCUT2D eigenvalue weighted by molar-refractivity contribution is 0.198. The summed E-state index contributed by atoms with van der Waals surface area (Å²) in [5.41, 5.74) is 5.57. The minimum Gasteiger partial charge on any atom is -0.368 e. The van der Waals surface area contributed by atoms with Crippen molar-refractivity contribution in [3.8, 4) is 0 Å². The highest BCUT2D eigenvalue weighted by Gasteiger charge is 2.24. The first kappa shape index (κ1) is 12.3. The van der Waals surface area contributed by atoms with Gasteiger partial charge in [0.15, 0.2) is 0 Å². The Balaban J connectivity index is 2.13. The molecule has 1 aromatic rings. The van der Waals surface area contributed by atoms with E-state index in [1.54, 1.807) is 0 Å². The first-order valence-corrected chi connectivity index (χ1v) is 6.14. The van der Waals surface area contributed by atoms with Gasteiger partial charge >= 0.3 is 0 Å². The topological polar surface area (TPSA) is 71.2 Å². The lowest BCUT2D eigenvalue weighted by Gasteiger charge is -2.39. The molecule has 1 aliphatic heterocycles. The summed E-state index contributed by atoms with van der Waals surface area (Å²) >= 11 is 5.78. The predicted octanol–water partition coefficient (Wildman–Crippen LogP) is 0.638. The van der Waals surface area contributed by atoms with E-state index in [1.165, 1.54) is 0 Å². The second-order valence-electron chi connectivity index (χ2n) is 4.19. The molecule has 1 unspecified atom stereocenters. The standard InChI is InChI=1S/C10H17ClN6/c1-3-16-4-5-17(6-7(16)2)10-14-8(11)13-9(12)15-10/h7H,3-6H2,1-2H3,(H2,12,13,14,15). The minimum absolute atomic E-state index is 0.151. The Kier molecular flexibility index (Phi) is 3.63. The van der Waals surface area contributed by atoms with E-state index in [9.17, 15) is 0 Å². The highest BCUT2D eigenvalue weighted by atomic mass is 35.5. The van der Waals surface area contributed by atoms with Crippen LogP contribution >= 0.6 is 11.6 Å². The van der Waals surface area contributed by atoms with E-state index in [2.05, 4.69) is 38.6 Å². The highest BCUT2D eigenvalue weighted by Crippen LogP contribution is 2.17. The zero-order valence-electron chi connectivity index (χ0n) is 10.1. The van der Waals surface area contributed by atoms with Crippen LogP contribution in [0.25, 0.3) is 0 Å². The summed E-state index contributed by atoms with van der Waals surface area (Å²) in [4.78, 5) is 16.5. The number of anilines is 2. The molecule has 2 N–H and O–H groups in total. The van der Waals surface area contributed by atoms with Crippen LogP contribution in [-0.4, -0.2) is 52.1 Å². The Morgan fingerprint density at radius 3 is 2.71 bits per heavy atom. The van der Waals surface area contributed by atoms with Crippen LogP contribution in [-0.2, 0) is 0 Å². The molecule has 17 heavy (non-hydrogen) atoms. The molecular formula is C10H17ClN6. The molecular weight excluding hydrogens is 240 g/mol. The van der Waals surface area contributed by atoms with Gasteiger partial charge in [-0.3, -0.25) is 4.90 Å². The SMILES string of the molecule is CCN1CCN(c2nc(N)nc(Cl)n2)CC1C. The van der Waals surface area contributed by atoms with Gasteiger partial charge in [0, 0.05) is 25.7 Å². The molecule has 1 fully saturated rings. The normalized spacial score (nSPS) is 21.8. The quantitative estimate of drug-likeness (QED) is 0.837. The number of halogens is 1. The van der Waals surface area contributed by atoms with E-state index < -0.39 is 0 Å². The smallest absolute Gasteiger partial charge is 0.231 e. The maximum absolute atomic E-state index is 5.78. The first-order valence-electron chi connectivity index (χ1n) is 5.76. The van der Waals surface area contributed by atoms with Gasteiger partial charge in [-0.15, -0.1) is 0 Å². The van der Waals surface area contributed by atoms with Crippen LogP contribution in [0.2, 0.25) is 5.28 Å². The van der Waals surface area contributed by atoms with E-state index >= 15 is 0 Å². The van der Waals surface area contributed by atoms with Crippen molar-refractivity contribution in [2.75, 3.05) is 36.8 Å². The number of likely N-dealkylation sites (N-methyl/N-ethyl adjacent to an activating group) is 1. The lowest BCUT2D eigenvalue weighted by Crippen LogP contribution is -2.52. The summed E-state index contributed by atoms with van der Waals surface area (Å²) in [6.07, 6.45) is 0. The maximum atomic E-state index is 5.78. The average Bonchev–Trinajstić information content (AvgIpc) is 2.27. The molecule has 2 rings (SSSR count). The average molecular weight is 257 g/mol. The number of hydrogen-bond donors (Lipinski definition) is 1. The van der Waals surface area contributed by atoms with Crippen molar-refractivity contribution in [2.45, 2.75) is 19.9 Å². The lowest BCUT2D eigenvalue weighted by atomic mass is 10.2. The molecule has 1 atom stereocenters. The molecule has 0 radical (unpaired) electrons. The predicted molar refractivity (Wildman–Crippen MR) is 68.2 cm³/mol. The van der Waals surface area contributed by atoms with Crippen LogP contribution in [0.5, 0.6) is 0 Å². The second kappa shape index (κ2) is 5.01. The fourth-order valence-electron chi connectivity index (χ4n) is 2.14. The largest absolute Gasteiger partial charge is 0.368 e. The molecule has 0 amide bonds. The Morgan fingerprint density at radius 2 is 2.12 bits per heavy atom. The fraction of sp³-hybridized carbons (Fsp3) is 0.700. The molecule has 0 spiro atoms. The van der Waals surface area contributed by atoms with Gasteiger partial charge in [-0.25, -0.2) is 0 Å². The molecule has 1 aliphatic rings. The monoisotopic (exact) mass is 256 g/mol. The summed E-state index contributed by atoms with van der Waals surface area (Å²) in [6.45, 7) is 8.20. The molecule has 0 saturated carbocycles. The number of nitrogens with zero attached hydrogens (tertiary/aromatic N) is 5. The van der Waals surface area contributed by atoms with Gasteiger partial charge in [0.05, 0.1) is 0 Å². The van der Waals surface area contributed by atoms with Crippen LogP contribution in [0.1, 0.15) is 13.8 Å². The van der Waals surface area contributed by atoms with Crippen LogP contribution in [0.15, 0.2) is 0 Å². The molecule has 2 heterocycles. The van der Waals surface area contributed by atoms with Gasteiger partial charge in [-0.1, -0.05) is 6.92 Å². The van der Waals surface area contributed by atoms with Crippen LogP contribution in [0.4, 0.5) is 11.9 Å². The zero-order chi connectivity index (χ0) is 12.4. The van der Waals surface area contributed by atoms with Crippen molar-refractivity contribution < 1.29 is 0 Å². The molecule has 1 aromatic heterocycles. The molecule has 0 aliphatic carbocycles. The molecule has 7 heteroatoms. The van der Waals surface area contributed by atoms with Crippen LogP contribution < -0.4 is 10.6 Å². The molecule has 1 saturated heterocycles. The molecule has 94 valence electrons.